The van der Waals surface area contributed by atoms with Crippen molar-refractivity contribution in [3.05, 3.63) is 23.2 Å². The summed E-state index contributed by atoms with van der Waals surface area (Å²) in [5.41, 5.74) is 0.780. The van der Waals surface area contributed by atoms with Crippen LogP contribution in [0.2, 0.25) is 5.02 Å². The van der Waals surface area contributed by atoms with Crippen molar-refractivity contribution < 1.29 is 14.6 Å². The van der Waals surface area contributed by atoms with Gasteiger partial charge >= 0.3 is 5.97 Å². The van der Waals surface area contributed by atoms with Gasteiger partial charge in [-0.2, -0.15) is 0 Å². The lowest BCUT2D eigenvalue weighted by Gasteiger charge is -2.07. The normalized spacial score (nSPS) is 9.73. The van der Waals surface area contributed by atoms with Crippen molar-refractivity contribution in [2.24, 2.45) is 0 Å². The molecule has 1 rings (SSSR count). The quantitative estimate of drug-likeness (QED) is 0.813. The van der Waals surface area contributed by atoms with Crippen molar-refractivity contribution in [2.45, 2.75) is 6.42 Å². The molecule has 0 radical (unpaired) electrons. The first kappa shape index (κ1) is 11.7. The summed E-state index contributed by atoms with van der Waals surface area (Å²) in [6.07, 6.45) is 0.0731. The van der Waals surface area contributed by atoms with E-state index in [2.05, 4.69) is 5.32 Å². The third-order valence-corrected chi connectivity index (χ3v) is 2.12. The maximum atomic E-state index is 10.3. The number of anilines is 1. The first-order valence-electron chi connectivity index (χ1n) is 4.42. The molecule has 0 heterocycles. The second-order valence-corrected chi connectivity index (χ2v) is 3.33. The minimum absolute atomic E-state index is 0.0731. The van der Waals surface area contributed by atoms with E-state index in [0.717, 1.165) is 5.69 Å². The number of benzene rings is 1. The molecule has 0 amide bonds. The maximum absolute atomic E-state index is 10.3. The summed E-state index contributed by atoms with van der Waals surface area (Å²) >= 11 is 5.89. The summed E-state index contributed by atoms with van der Waals surface area (Å²) in [6, 6.07) is 5.21. The Labute approximate surface area is 92.8 Å². The molecule has 0 unspecified atom stereocenters. The molecule has 0 bridgehead atoms. The highest BCUT2D eigenvalue weighted by Crippen LogP contribution is 2.26. The highest BCUT2D eigenvalue weighted by molar-refractivity contribution is 6.32. The molecule has 0 saturated heterocycles. The number of hydrogen-bond acceptors (Lipinski definition) is 3. The lowest BCUT2D eigenvalue weighted by molar-refractivity contribution is -0.136. The van der Waals surface area contributed by atoms with Crippen LogP contribution in [0.1, 0.15) is 6.42 Å². The lowest BCUT2D eigenvalue weighted by Crippen LogP contribution is -2.07. The van der Waals surface area contributed by atoms with Crippen molar-refractivity contribution in [2.75, 3.05) is 19.0 Å². The number of carboxylic acid groups (broad SMARTS) is 1. The second kappa shape index (κ2) is 5.46. The summed E-state index contributed by atoms with van der Waals surface area (Å²) in [5.74, 6) is -0.234. The van der Waals surface area contributed by atoms with E-state index < -0.39 is 5.97 Å². The fourth-order valence-corrected chi connectivity index (χ4v) is 1.35. The van der Waals surface area contributed by atoms with Crippen molar-refractivity contribution in [1.82, 2.24) is 0 Å². The predicted octanol–water partition coefficient (Wildman–Crippen LogP) is 2.24. The summed E-state index contributed by atoms with van der Waals surface area (Å²) in [7, 11) is 1.54. The summed E-state index contributed by atoms with van der Waals surface area (Å²) in [5, 5.41) is 11.9. The van der Waals surface area contributed by atoms with Crippen LogP contribution in [0.25, 0.3) is 0 Å². The Morgan fingerprint density at radius 3 is 2.87 bits per heavy atom. The average Bonchev–Trinajstić information content (AvgIpc) is 2.17. The number of rotatable bonds is 5. The molecule has 0 atom stereocenters. The van der Waals surface area contributed by atoms with E-state index in [9.17, 15) is 4.79 Å². The second-order valence-electron chi connectivity index (χ2n) is 2.92. The number of ether oxygens (including phenoxy) is 1. The number of carbonyl (C=O) groups is 1. The Hall–Kier alpha value is -1.42. The molecule has 1 aromatic carbocycles. The smallest absolute Gasteiger partial charge is 0.305 e. The standard InChI is InChI=1S/C10H12ClNO3/c1-15-9-3-2-7(6-8(9)11)12-5-4-10(13)14/h2-3,6,12H,4-5H2,1H3,(H,13,14). The van der Waals surface area contributed by atoms with Gasteiger partial charge in [0.2, 0.25) is 0 Å². The van der Waals surface area contributed by atoms with Crippen molar-refractivity contribution >= 4 is 23.3 Å². The van der Waals surface area contributed by atoms with Gasteiger partial charge in [-0.25, -0.2) is 0 Å². The van der Waals surface area contributed by atoms with E-state index in [1.807, 2.05) is 0 Å². The van der Waals surface area contributed by atoms with Gasteiger partial charge in [-0.05, 0) is 18.2 Å². The molecular formula is C10H12ClNO3. The van der Waals surface area contributed by atoms with Crippen LogP contribution in [0.15, 0.2) is 18.2 Å². The summed E-state index contributed by atoms with van der Waals surface area (Å²) in [6.45, 7) is 0.373. The van der Waals surface area contributed by atoms with Gasteiger partial charge in [-0.1, -0.05) is 11.6 Å². The highest BCUT2D eigenvalue weighted by Gasteiger charge is 2.02. The summed E-state index contributed by atoms with van der Waals surface area (Å²) in [4.78, 5) is 10.3. The van der Waals surface area contributed by atoms with Gasteiger partial charge in [-0.15, -0.1) is 0 Å². The Balaban J connectivity index is 2.55. The van der Waals surface area contributed by atoms with Crippen LogP contribution >= 0.6 is 11.6 Å². The first-order chi connectivity index (χ1) is 7.13. The van der Waals surface area contributed by atoms with Crippen LogP contribution in [-0.2, 0) is 4.79 Å². The van der Waals surface area contributed by atoms with Gasteiger partial charge < -0.3 is 15.2 Å². The third kappa shape index (κ3) is 3.67. The first-order valence-corrected chi connectivity index (χ1v) is 4.80. The Bertz CT molecular complexity index is 355. The predicted molar refractivity (Wildman–Crippen MR) is 58.7 cm³/mol. The Morgan fingerprint density at radius 1 is 1.60 bits per heavy atom. The zero-order valence-electron chi connectivity index (χ0n) is 8.29. The third-order valence-electron chi connectivity index (χ3n) is 1.82. The van der Waals surface area contributed by atoms with Crippen molar-refractivity contribution in [3.8, 4) is 5.75 Å². The molecule has 0 saturated carbocycles. The molecule has 2 N–H and O–H groups in total. The molecule has 1 aromatic rings. The molecule has 0 fully saturated rings. The van der Waals surface area contributed by atoms with Crippen LogP contribution in [0.5, 0.6) is 5.75 Å². The van der Waals surface area contributed by atoms with E-state index in [1.54, 1.807) is 25.3 Å². The van der Waals surface area contributed by atoms with Gasteiger partial charge in [0.1, 0.15) is 5.75 Å². The molecule has 0 aliphatic heterocycles. The van der Waals surface area contributed by atoms with E-state index in [1.165, 1.54) is 0 Å². The largest absolute Gasteiger partial charge is 0.495 e. The molecule has 0 spiro atoms. The topological polar surface area (TPSA) is 58.6 Å². The van der Waals surface area contributed by atoms with Crippen LogP contribution in [0.4, 0.5) is 5.69 Å². The van der Waals surface area contributed by atoms with Crippen molar-refractivity contribution in [3.63, 3.8) is 0 Å². The van der Waals surface area contributed by atoms with Crippen LogP contribution in [-0.4, -0.2) is 24.7 Å². The fraction of sp³-hybridized carbons (Fsp3) is 0.300. The number of nitrogens with one attached hydrogen (secondary N) is 1. The Morgan fingerprint density at radius 2 is 2.33 bits per heavy atom. The zero-order valence-corrected chi connectivity index (χ0v) is 9.04. The van der Waals surface area contributed by atoms with Gasteiger partial charge in [0.15, 0.2) is 0 Å². The lowest BCUT2D eigenvalue weighted by atomic mass is 10.3. The van der Waals surface area contributed by atoms with E-state index in [0.29, 0.717) is 17.3 Å². The number of carboxylic acids is 1. The SMILES string of the molecule is COc1ccc(NCCC(=O)O)cc1Cl. The van der Waals surface area contributed by atoms with E-state index in [-0.39, 0.29) is 6.42 Å². The molecule has 15 heavy (non-hydrogen) atoms. The van der Waals surface area contributed by atoms with Crippen LogP contribution < -0.4 is 10.1 Å². The fourth-order valence-electron chi connectivity index (χ4n) is 1.09. The zero-order chi connectivity index (χ0) is 11.3. The van der Waals surface area contributed by atoms with Crippen LogP contribution in [0, 0.1) is 0 Å². The number of hydrogen-bond donors (Lipinski definition) is 2. The van der Waals surface area contributed by atoms with Crippen molar-refractivity contribution in [1.29, 1.82) is 0 Å². The molecule has 0 aromatic heterocycles. The number of halogens is 1. The summed E-state index contributed by atoms with van der Waals surface area (Å²) < 4.78 is 4.99. The molecular weight excluding hydrogens is 218 g/mol. The molecule has 4 nitrogen and oxygen atoms in total. The maximum Gasteiger partial charge on any atom is 0.305 e. The highest BCUT2D eigenvalue weighted by atomic mass is 35.5. The van der Waals surface area contributed by atoms with Gasteiger partial charge in [0.25, 0.3) is 0 Å². The van der Waals surface area contributed by atoms with Gasteiger partial charge in [0.05, 0.1) is 18.6 Å². The van der Waals surface area contributed by atoms with Crippen LogP contribution in [0.3, 0.4) is 0 Å². The molecule has 82 valence electrons. The average molecular weight is 230 g/mol. The minimum Gasteiger partial charge on any atom is -0.495 e. The molecule has 5 heteroatoms. The number of aliphatic carboxylic acids is 1. The van der Waals surface area contributed by atoms with E-state index >= 15 is 0 Å². The van der Waals surface area contributed by atoms with E-state index in [4.69, 9.17) is 21.4 Å². The van der Waals surface area contributed by atoms with Gasteiger partial charge in [0, 0.05) is 12.2 Å². The Kier molecular flexibility index (Phi) is 4.24. The molecule has 0 aliphatic carbocycles. The monoisotopic (exact) mass is 229 g/mol. The minimum atomic E-state index is -0.831. The number of methoxy groups -OCH3 is 1. The molecule has 0 aliphatic rings. The van der Waals surface area contributed by atoms with Gasteiger partial charge in [-0.3, -0.25) is 4.79 Å².